The molecule has 0 aromatic carbocycles. The highest BCUT2D eigenvalue weighted by molar-refractivity contribution is 5.85. The predicted molar refractivity (Wildman–Crippen MR) is 65.9 cm³/mol. The van der Waals surface area contributed by atoms with Gasteiger partial charge >= 0.3 is 5.97 Å². The van der Waals surface area contributed by atoms with Crippen LogP contribution in [0.2, 0.25) is 0 Å². The summed E-state index contributed by atoms with van der Waals surface area (Å²) in [7, 11) is 0. The summed E-state index contributed by atoms with van der Waals surface area (Å²) < 4.78 is 0. The van der Waals surface area contributed by atoms with Gasteiger partial charge < -0.3 is 16.2 Å². The van der Waals surface area contributed by atoms with Crippen molar-refractivity contribution >= 4 is 11.9 Å². The van der Waals surface area contributed by atoms with Gasteiger partial charge in [0.05, 0.1) is 0 Å². The van der Waals surface area contributed by atoms with Gasteiger partial charge in [-0.15, -0.1) is 0 Å². The molecule has 0 aliphatic heterocycles. The van der Waals surface area contributed by atoms with E-state index in [0.717, 1.165) is 5.56 Å². The lowest BCUT2D eigenvalue weighted by Gasteiger charge is -2.09. The van der Waals surface area contributed by atoms with E-state index in [0.29, 0.717) is 19.5 Å². The van der Waals surface area contributed by atoms with Gasteiger partial charge in [-0.1, -0.05) is 13.0 Å². The fourth-order valence-electron chi connectivity index (χ4n) is 1.33. The summed E-state index contributed by atoms with van der Waals surface area (Å²) in [5.41, 5.74) is 6.17. The second kappa shape index (κ2) is 6.70. The summed E-state index contributed by atoms with van der Waals surface area (Å²) in [6.45, 7) is 2.72. The molecule has 6 nitrogen and oxygen atoms in total. The van der Waals surface area contributed by atoms with Crippen LogP contribution < -0.4 is 11.1 Å². The maximum atomic E-state index is 11.5. The number of nitrogens with two attached hydrogens (primary N) is 1. The number of nitrogens with one attached hydrogen (secondary N) is 1. The van der Waals surface area contributed by atoms with Gasteiger partial charge in [-0.25, -0.2) is 9.78 Å². The first kappa shape index (κ1) is 14.1. The summed E-state index contributed by atoms with van der Waals surface area (Å²) >= 11 is 0. The molecular formula is C12H17N3O3. The van der Waals surface area contributed by atoms with Crippen molar-refractivity contribution in [3.63, 3.8) is 0 Å². The van der Waals surface area contributed by atoms with Crippen LogP contribution in [0.15, 0.2) is 18.3 Å². The Morgan fingerprint density at radius 3 is 2.72 bits per heavy atom. The number of carboxylic acid groups (broad SMARTS) is 1. The molecule has 1 amide bonds. The van der Waals surface area contributed by atoms with Gasteiger partial charge in [-0.3, -0.25) is 4.79 Å². The molecule has 98 valence electrons. The van der Waals surface area contributed by atoms with Crippen LogP contribution in [-0.2, 0) is 11.3 Å². The molecule has 0 fully saturated rings. The van der Waals surface area contributed by atoms with Gasteiger partial charge in [0, 0.05) is 19.2 Å². The van der Waals surface area contributed by atoms with E-state index >= 15 is 0 Å². The summed E-state index contributed by atoms with van der Waals surface area (Å²) in [6, 6.07) is 3.04. The topological polar surface area (TPSA) is 105 Å². The third-order valence-corrected chi connectivity index (χ3v) is 2.47. The molecular weight excluding hydrogens is 234 g/mol. The number of carbonyl (C=O) groups excluding carboxylic acids is 1. The highest BCUT2D eigenvalue weighted by atomic mass is 16.4. The molecule has 6 heteroatoms. The first-order valence-corrected chi connectivity index (χ1v) is 5.68. The minimum Gasteiger partial charge on any atom is -0.477 e. The largest absolute Gasteiger partial charge is 0.477 e. The molecule has 0 saturated heterocycles. The monoisotopic (exact) mass is 251 g/mol. The molecule has 0 spiro atoms. The standard InChI is InChI=1S/C12H17N3O3/c1-8(5-13)4-11(16)15-7-9-2-3-10(12(17)18)14-6-9/h2-3,6,8H,4-5,7,13H2,1H3,(H,15,16)(H,17,18). The number of rotatable bonds is 6. The Bertz CT molecular complexity index is 417. The van der Waals surface area contributed by atoms with E-state index in [4.69, 9.17) is 10.8 Å². The zero-order valence-corrected chi connectivity index (χ0v) is 10.2. The summed E-state index contributed by atoms with van der Waals surface area (Å²) in [5, 5.41) is 11.4. The quantitative estimate of drug-likeness (QED) is 0.678. The number of amides is 1. The Hall–Kier alpha value is -1.95. The molecule has 0 bridgehead atoms. The third kappa shape index (κ3) is 4.50. The lowest BCUT2D eigenvalue weighted by Crippen LogP contribution is -2.26. The van der Waals surface area contributed by atoms with Gasteiger partial charge in [0.15, 0.2) is 0 Å². The second-order valence-electron chi connectivity index (χ2n) is 4.18. The van der Waals surface area contributed by atoms with Crippen molar-refractivity contribution in [3.05, 3.63) is 29.6 Å². The van der Waals surface area contributed by atoms with E-state index in [-0.39, 0.29) is 17.5 Å². The van der Waals surface area contributed by atoms with E-state index in [9.17, 15) is 9.59 Å². The van der Waals surface area contributed by atoms with Crippen LogP contribution in [0.25, 0.3) is 0 Å². The van der Waals surface area contributed by atoms with Crippen LogP contribution in [0.4, 0.5) is 0 Å². The number of aromatic carboxylic acids is 1. The number of pyridine rings is 1. The van der Waals surface area contributed by atoms with Crippen molar-refractivity contribution in [2.45, 2.75) is 19.9 Å². The van der Waals surface area contributed by atoms with Crippen molar-refractivity contribution in [3.8, 4) is 0 Å². The molecule has 1 unspecified atom stereocenters. The van der Waals surface area contributed by atoms with Crippen LogP contribution >= 0.6 is 0 Å². The van der Waals surface area contributed by atoms with Crippen LogP contribution in [0.1, 0.15) is 29.4 Å². The molecule has 1 rings (SSSR count). The van der Waals surface area contributed by atoms with Crippen molar-refractivity contribution in [1.29, 1.82) is 0 Å². The van der Waals surface area contributed by atoms with Crippen molar-refractivity contribution in [2.75, 3.05) is 6.54 Å². The van der Waals surface area contributed by atoms with Gasteiger partial charge in [0.1, 0.15) is 5.69 Å². The molecule has 0 aliphatic carbocycles. The Morgan fingerprint density at radius 1 is 1.50 bits per heavy atom. The average Bonchev–Trinajstić information content (AvgIpc) is 2.36. The van der Waals surface area contributed by atoms with Crippen molar-refractivity contribution in [1.82, 2.24) is 10.3 Å². The Balaban J connectivity index is 2.44. The number of nitrogens with zero attached hydrogens (tertiary/aromatic N) is 1. The number of carboxylic acids is 1. The maximum absolute atomic E-state index is 11.5. The average molecular weight is 251 g/mol. The van der Waals surface area contributed by atoms with Crippen molar-refractivity contribution in [2.24, 2.45) is 11.7 Å². The smallest absolute Gasteiger partial charge is 0.354 e. The first-order valence-electron chi connectivity index (χ1n) is 5.68. The predicted octanol–water partition coefficient (Wildman–Crippen LogP) is 0.381. The minimum atomic E-state index is -1.07. The Morgan fingerprint density at radius 2 is 2.22 bits per heavy atom. The van der Waals surface area contributed by atoms with E-state index in [1.165, 1.54) is 12.3 Å². The molecule has 1 heterocycles. The number of hydrogen-bond donors (Lipinski definition) is 3. The zero-order chi connectivity index (χ0) is 13.5. The summed E-state index contributed by atoms with van der Waals surface area (Å²) in [4.78, 5) is 25.8. The van der Waals surface area contributed by atoms with Crippen LogP contribution in [-0.4, -0.2) is 28.5 Å². The molecule has 1 aromatic rings. The Labute approximate surface area is 105 Å². The van der Waals surface area contributed by atoms with E-state index in [2.05, 4.69) is 10.3 Å². The highest BCUT2D eigenvalue weighted by Crippen LogP contribution is 2.02. The van der Waals surface area contributed by atoms with E-state index < -0.39 is 5.97 Å². The van der Waals surface area contributed by atoms with Gasteiger partial charge in [-0.2, -0.15) is 0 Å². The summed E-state index contributed by atoms with van der Waals surface area (Å²) in [5.74, 6) is -0.991. The van der Waals surface area contributed by atoms with E-state index in [1.54, 1.807) is 6.07 Å². The van der Waals surface area contributed by atoms with Gasteiger partial charge in [0.2, 0.25) is 5.91 Å². The molecule has 4 N–H and O–H groups in total. The number of carbonyl (C=O) groups is 2. The maximum Gasteiger partial charge on any atom is 0.354 e. The first-order chi connectivity index (χ1) is 8.52. The lowest BCUT2D eigenvalue weighted by atomic mass is 10.1. The minimum absolute atomic E-state index is 0.0122. The fraction of sp³-hybridized carbons (Fsp3) is 0.417. The Kier molecular flexibility index (Phi) is 5.26. The summed E-state index contributed by atoms with van der Waals surface area (Å²) in [6.07, 6.45) is 1.83. The zero-order valence-electron chi connectivity index (χ0n) is 10.2. The normalized spacial score (nSPS) is 11.9. The second-order valence-corrected chi connectivity index (χ2v) is 4.18. The van der Waals surface area contributed by atoms with Gasteiger partial charge in [0.25, 0.3) is 0 Å². The SMILES string of the molecule is CC(CN)CC(=O)NCc1ccc(C(=O)O)nc1. The van der Waals surface area contributed by atoms with Crippen molar-refractivity contribution < 1.29 is 14.7 Å². The number of aromatic nitrogens is 1. The van der Waals surface area contributed by atoms with Crippen LogP contribution in [0, 0.1) is 5.92 Å². The molecule has 18 heavy (non-hydrogen) atoms. The van der Waals surface area contributed by atoms with Crippen LogP contribution in [0.3, 0.4) is 0 Å². The molecule has 1 aromatic heterocycles. The lowest BCUT2D eigenvalue weighted by molar-refractivity contribution is -0.122. The number of hydrogen-bond acceptors (Lipinski definition) is 4. The van der Waals surface area contributed by atoms with Gasteiger partial charge in [-0.05, 0) is 24.1 Å². The molecule has 0 saturated carbocycles. The third-order valence-electron chi connectivity index (χ3n) is 2.47. The fourth-order valence-corrected chi connectivity index (χ4v) is 1.33. The molecule has 0 radical (unpaired) electrons. The van der Waals surface area contributed by atoms with Crippen LogP contribution in [0.5, 0.6) is 0 Å². The van der Waals surface area contributed by atoms with E-state index in [1.807, 2.05) is 6.92 Å². The molecule has 0 aliphatic rings. The molecule has 1 atom stereocenters. The highest BCUT2D eigenvalue weighted by Gasteiger charge is 2.08.